The third-order valence-corrected chi connectivity index (χ3v) is 3.46. The Hall–Kier alpha value is -3.44. The van der Waals surface area contributed by atoms with Crippen LogP contribution < -0.4 is 10.1 Å². The molecule has 9 nitrogen and oxygen atoms in total. The number of carbonyl (C=O) groups excluding carboxylic acids is 1. The summed E-state index contributed by atoms with van der Waals surface area (Å²) in [6.45, 7) is 2.44. The first kappa shape index (κ1) is 19.3. The molecule has 3 rings (SSSR count). The second-order valence-corrected chi connectivity index (χ2v) is 5.52. The number of nitrogens with one attached hydrogen (secondary N) is 2. The molecule has 3 aromatic rings. The Morgan fingerprint density at radius 2 is 2.00 bits per heavy atom. The lowest BCUT2D eigenvalue weighted by molar-refractivity contribution is -0.144. The monoisotopic (exact) mass is 396 g/mol. The highest BCUT2D eigenvalue weighted by Gasteiger charge is 2.35. The number of aryl methyl sites for hydroxylation is 1. The number of benzene rings is 1. The van der Waals surface area contributed by atoms with Gasteiger partial charge in [-0.2, -0.15) is 23.1 Å². The van der Waals surface area contributed by atoms with Gasteiger partial charge in [0, 0.05) is 18.4 Å². The molecule has 1 amide bonds. The molecule has 2 aromatic heterocycles. The molecule has 1 aromatic carbocycles. The zero-order chi connectivity index (χ0) is 20.1. The fourth-order valence-electron chi connectivity index (χ4n) is 2.19. The number of H-pyrrole nitrogens is 1. The summed E-state index contributed by atoms with van der Waals surface area (Å²) in [5.74, 6) is -1.06. The van der Waals surface area contributed by atoms with Crippen molar-refractivity contribution in [3.63, 3.8) is 0 Å². The molecule has 0 saturated carbocycles. The Morgan fingerprint density at radius 1 is 1.25 bits per heavy atom. The molecule has 0 saturated heterocycles. The number of rotatable bonds is 7. The number of amides is 1. The van der Waals surface area contributed by atoms with Crippen molar-refractivity contribution in [1.29, 1.82) is 0 Å². The highest BCUT2D eigenvalue weighted by molar-refractivity contribution is 5.88. The summed E-state index contributed by atoms with van der Waals surface area (Å²) in [6, 6.07) is 7.09. The summed E-state index contributed by atoms with van der Waals surface area (Å²) in [5, 5.41) is 11.0. The Balaban J connectivity index is 1.54. The van der Waals surface area contributed by atoms with Crippen LogP contribution in [0.15, 0.2) is 28.8 Å². The largest absolute Gasteiger partial charge is 0.494 e. The van der Waals surface area contributed by atoms with Crippen LogP contribution in [0.3, 0.4) is 0 Å². The van der Waals surface area contributed by atoms with Crippen LogP contribution in [0.5, 0.6) is 5.75 Å². The molecule has 0 atom stereocenters. The molecule has 0 aliphatic carbocycles. The first-order chi connectivity index (χ1) is 13.3. The number of alkyl halides is 3. The van der Waals surface area contributed by atoms with Crippen molar-refractivity contribution in [2.24, 2.45) is 0 Å². The second kappa shape index (κ2) is 8.06. The first-order valence-corrected chi connectivity index (χ1v) is 8.20. The van der Waals surface area contributed by atoms with Crippen molar-refractivity contribution >= 4 is 11.9 Å². The number of halogens is 3. The van der Waals surface area contributed by atoms with E-state index in [1.54, 1.807) is 29.4 Å². The van der Waals surface area contributed by atoms with E-state index in [0.29, 0.717) is 23.7 Å². The standard InChI is InChI=1S/C16H15F3N6O3/c1-2-27-10-5-3-9(4-6-10)13-21-12(28-25-13)8-7-11(26)20-15-22-14(23-24-15)16(17,18)19/h3-6H,2,7-8H2,1H3,(H2,20,22,23,24,26). The Bertz CT molecular complexity index is 936. The lowest BCUT2D eigenvalue weighted by Gasteiger charge is -2.02. The number of aromatic nitrogens is 5. The number of anilines is 1. The molecule has 0 aliphatic rings. The number of hydrogen-bond acceptors (Lipinski definition) is 7. The molecular weight excluding hydrogens is 381 g/mol. The molecule has 12 heteroatoms. The topological polar surface area (TPSA) is 119 Å². The molecule has 2 N–H and O–H groups in total. The fourth-order valence-corrected chi connectivity index (χ4v) is 2.19. The van der Waals surface area contributed by atoms with Gasteiger partial charge in [-0.25, -0.2) is 0 Å². The van der Waals surface area contributed by atoms with Crippen LogP contribution in [-0.4, -0.2) is 37.8 Å². The van der Waals surface area contributed by atoms with Crippen molar-refractivity contribution in [2.75, 3.05) is 11.9 Å². The summed E-state index contributed by atoms with van der Waals surface area (Å²) in [6.07, 6.45) is -4.66. The van der Waals surface area contributed by atoms with Crippen LogP contribution in [0.2, 0.25) is 0 Å². The smallest absolute Gasteiger partial charge is 0.451 e. The van der Waals surface area contributed by atoms with Gasteiger partial charge in [0.15, 0.2) is 0 Å². The molecule has 0 fully saturated rings. The predicted molar refractivity (Wildman–Crippen MR) is 89.2 cm³/mol. The molecule has 0 aliphatic heterocycles. The maximum atomic E-state index is 12.4. The highest BCUT2D eigenvalue weighted by atomic mass is 19.4. The van der Waals surface area contributed by atoms with Gasteiger partial charge in [-0.15, -0.1) is 5.10 Å². The van der Waals surface area contributed by atoms with Gasteiger partial charge in [0.2, 0.25) is 29.4 Å². The molecule has 0 spiro atoms. The van der Waals surface area contributed by atoms with E-state index < -0.39 is 23.9 Å². The van der Waals surface area contributed by atoms with Crippen LogP contribution in [-0.2, 0) is 17.4 Å². The normalized spacial score (nSPS) is 11.4. The SMILES string of the molecule is CCOc1ccc(-c2noc(CCC(=O)Nc3n[nH]c(C(F)(F)F)n3)n2)cc1. The molecule has 0 bridgehead atoms. The highest BCUT2D eigenvalue weighted by Crippen LogP contribution is 2.26. The average Bonchev–Trinajstić information content (AvgIpc) is 3.30. The van der Waals surface area contributed by atoms with Crippen LogP contribution in [0.4, 0.5) is 19.1 Å². The molecular formula is C16H15F3N6O3. The van der Waals surface area contributed by atoms with Crippen LogP contribution in [0.25, 0.3) is 11.4 Å². The molecule has 0 radical (unpaired) electrons. The van der Waals surface area contributed by atoms with E-state index in [2.05, 4.69) is 25.5 Å². The number of hydrogen-bond donors (Lipinski definition) is 2. The number of aromatic amines is 1. The molecule has 0 unspecified atom stereocenters. The second-order valence-electron chi connectivity index (χ2n) is 5.52. The van der Waals surface area contributed by atoms with Crippen molar-refractivity contribution in [3.8, 4) is 17.1 Å². The van der Waals surface area contributed by atoms with Gasteiger partial charge >= 0.3 is 6.18 Å². The van der Waals surface area contributed by atoms with Crippen LogP contribution >= 0.6 is 0 Å². The summed E-state index contributed by atoms with van der Waals surface area (Å²) >= 11 is 0. The van der Waals surface area contributed by atoms with E-state index in [1.165, 1.54) is 0 Å². The molecule has 2 heterocycles. The van der Waals surface area contributed by atoms with E-state index in [-0.39, 0.29) is 18.7 Å². The molecule has 28 heavy (non-hydrogen) atoms. The van der Waals surface area contributed by atoms with E-state index in [1.807, 2.05) is 6.92 Å². The minimum Gasteiger partial charge on any atom is -0.494 e. The average molecular weight is 396 g/mol. The predicted octanol–water partition coefficient (Wildman–Crippen LogP) is 2.84. The van der Waals surface area contributed by atoms with Crippen LogP contribution in [0, 0.1) is 0 Å². The van der Waals surface area contributed by atoms with E-state index in [9.17, 15) is 18.0 Å². The summed E-state index contributed by atoms with van der Waals surface area (Å²) < 4.78 is 47.7. The van der Waals surface area contributed by atoms with Gasteiger partial charge in [-0.1, -0.05) is 5.16 Å². The first-order valence-electron chi connectivity index (χ1n) is 8.20. The number of carbonyl (C=O) groups is 1. The third-order valence-electron chi connectivity index (χ3n) is 3.46. The zero-order valence-electron chi connectivity index (χ0n) is 14.6. The van der Waals surface area contributed by atoms with Gasteiger partial charge in [-0.3, -0.25) is 15.2 Å². The summed E-state index contributed by atoms with van der Waals surface area (Å²) in [5.41, 5.74) is 0.711. The molecule has 148 valence electrons. The van der Waals surface area contributed by atoms with E-state index >= 15 is 0 Å². The summed E-state index contributed by atoms with van der Waals surface area (Å²) in [4.78, 5) is 19.2. The van der Waals surface area contributed by atoms with Crippen molar-refractivity contribution in [3.05, 3.63) is 36.0 Å². The van der Waals surface area contributed by atoms with Gasteiger partial charge in [0.1, 0.15) is 5.75 Å². The van der Waals surface area contributed by atoms with Gasteiger partial charge < -0.3 is 9.26 Å². The minimum atomic E-state index is -4.67. The lowest BCUT2D eigenvalue weighted by atomic mass is 10.2. The zero-order valence-corrected chi connectivity index (χ0v) is 14.6. The van der Waals surface area contributed by atoms with Gasteiger partial charge in [-0.05, 0) is 31.2 Å². The summed E-state index contributed by atoms with van der Waals surface area (Å²) in [7, 11) is 0. The lowest BCUT2D eigenvalue weighted by Crippen LogP contribution is -2.14. The van der Waals surface area contributed by atoms with Crippen molar-refractivity contribution < 1.29 is 27.2 Å². The fraction of sp³-hybridized carbons (Fsp3) is 0.312. The van der Waals surface area contributed by atoms with Crippen molar-refractivity contribution in [2.45, 2.75) is 25.9 Å². The maximum absolute atomic E-state index is 12.4. The Kier molecular flexibility index (Phi) is 5.57. The number of ether oxygens (including phenoxy) is 1. The van der Waals surface area contributed by atoms with Crippen LogP contribution in [0.1, 0.15) is 25.1 Å². The third kappa shape index (κ3) is 4.84. The van der Waals surface area contributed by atoms with Crippen molar-refractivity contribution in [1.82, 2.24) is 25.3 Å². The quantitative estimate of drug-likeness (QED) is 0.630. The number of nitrogens with zero attached hydrogens (tertiary/aromatic N) is 4. The van der Waals surface area contributed by atoms with E-state index in [0.717, 1.165) is 0 Å². The van der Waals surface area contributed by atoms with Gasteiger partial charge in [0.25, 0.3) is 0 Å². The van der Waals surface area contributed by atoms with E-state index in [4.69, 9.17) is 9.26 Å². The minimum absolute atomic E-state index is 0.0964. The Morgan fingerprint density at radius 3 is 2.64 bits per heavy atom. The maximum Gasteiger partial charge on any atom is 0.451 e. The van der Waals surface area contributed by atoms with Gasteiger partial charge in [0.05, 0.1) is 6.61 Å². The Labute approximate surface area is 156 Å².